The van der Waals surface area contributed by atoms with Gasteiger partial charge in [0, 0.05) is 12.2 Å². The summed E-state index contributed by atoms with van der Waals surface area (Å²) >= 11 is 4.04. The molecule has 0 radical (unpaired) electrons. The van der Waals surface area contributed by atoms with Crippen LogP contribution in [0, 0.1) is 5.92 Å². The molecule has 0 rings (SSSR count). The number of nitrogens with two attached hydrogens (primary N) is 3. The summed E-state index contributed by atoms with van der Waals surface area (Å²) in [5, 5.41) is 16.5. The summed E-state index contributed by atoms with van der Waals surface area (Å²) in [5.74, 6) is -4.43. The molecule has 12 nitrogen and oxygen atoms in total. The lowest BCUT2D eigenvalue weighted by Crippen LogP contribution is -2.58. The molecule has 0 saturated heterocycles. The lowest BCUT2D eigenvalue weighted by molar-refractivity contribution is -0.142. The van der Waals surface area contributed by atoms with Crippen molar-refractivity contribution in [1.29, 1.82) is 0 Å². The number of carbonyl (C=O) groups excluding carboxylic acids is 4. The van der Waals surface area contributed by atoms with Crippen LogP contribution in [0.5, 0.6) is 0 Å². The number of carboxylic acid groups (broad SMARTS) is 1. The third-order valence-corrected chi connectivity index (χ3v) is 5.03. The zero-order valence-corrected chi connectivity index (χ0v) is 19.4. The van der Waals surface area contributed by atoms with Gasteiger partial charge >= 0.3 is 5.97 Å². The van der Waals surface area contributed by atoms with Crippen LogP contribution in [0.25, 0.3) is 0 Å². The number of hydrogen-bond acceptors (Lipinski definition) is 8. The van der Waals surface area contributed by atoms with Crippen molar-refractivity contribution in [3.63, 3.8) is 0 Å². The van der Waals surface area contributed by atoms with E-state index in [1.807, 2.05) is 0 Å². The number of aliphatic carboxylic acids is 1. The Labute approximate surface area is 193 Å². The van der Waals surface area contributed by atoms with E-state index < -0.39 is 53.8 Å². The van der Waals surface area contributed by atoms with Crippen molar-refractivity contribution < 1.29 is 29.1 Å². The van der Waals surface area contributed by atoms with Gasteiger partial charge in [0.25, 0.3) is 0 Å². The molecule has 10 N–H and O–H groups in total. The lowest BCUT2D eigenvalue weighted by Gasteiger charge is -2.26. The van der Waals surface area contributed by atoms with Crippen molar-refractivity contribution in [1.82, 2.24) is 16.0 Å². The predicted molar refractivity (Wildman–Crippen MR) is 121 cm³/mol. The Bertz CT molecular complexity index is 662. The molecule has 0 fully saturated rings. The highest BCUT2D eigenvalue weighted by Gasteiger charge is 2.31. The van der Waals surface area contributed by atoms with E-state index in [1.54, 1.807) is 13.8 Å². The maximum absolute atomic E-state index is 12.7. The highest BCUT2D eigenvalue weighted by molar-refractivity contribution is 7.80. The number of carboxylic acids is 1. The van der Waals surface area contributed by atoms with Crippen LogP contribution in [-0.4, -0.2) is 71.2 Å². The maximum atomic E-state index is 12.7. The first-order chi connectivity index (χ1) is 14.9. The normalized spacial score (nSPS) is 14.7. The minimum Gasteiger partial charge on any atom is -0.480 e. The van der Waals surface area contributed by atoms with Crippen molar-refractivity contribution in [3.8, 4) is 0 Å². The van der Waals surface area contributed by atoms with Crippen LogP contribution in [0.2, 0.25) is 0 Å². The van der Waals surface area contributed by atoms with Gasteiger partial charge in [-0.25, -0.2) is 4.79 Å². The first kappa shape index (κ1) is 29.6. The van der Waals surface area contributed by atoms with Crippen molar-refractivity contribution in [2.45, 2.75) is 70.1 Å². The number of hydrogen-bond donors (Lipinski definition) is 8. The molecule has 0 aliphatic rings. The van der Waals surface area contributed by atoms with Gasteiger partial charge in [0.05, 0.1) is 6.04 Å². The first-order valence-corrected chi connectivity index (χ1v) is 11.1. The fourth-order valence-electron chi connectivity index (χ4n) is 2.71. The Kier molecular flexibility index (Phi) is 14.3. The van der Waals surface area contributed by atoms with E-state index in [0.717, 1.165) is 6.42 Å². The minimum absolute atomic E-state index is 0.128. The van der Waals surface area contributed by atoms with E-state index >= 15 is 0 Å². The first-order valence-electron chi connectivity index (χ1n) is 10.4. The Balaban J connectivity index is 5.08. The summed E-state index contributed by atoms with van der Waals surface area (Å²) in [7, 11) is 0. The molecule has 184 valence electrons. The molecule has 0 aliphatic carbocycles. The smallest absolute Gasteiger partial charge is 0.326 e. The molecule has 0 bridgehead atoms. The number of amides is 4. The van der Waals surface area contributed by atoms with E-state index in [1.165, 1.54) is 0 Å². The van der Waals surface area contributed by atoms with Gasteiger partial charge in [-0.2, -0.15) is 12.6 Å². The van der Waals surface area contributed by atoms with Crippen molar-refractivity contribution in [2.24, 2.45) is 23.1 Å². The average Bonchev–Trinajstić information content (AvgIpc) is 2.71. The molecule has 0 aromatic carbocycles. The van der Waals surface area contributed by atoms with E-state index in [0.29, 0.717) is 19.4 Å². The van der Waals surface area contributed by atoms with Gasteiger partial charge in [-0.3, -0.25) is 19.2 Å². The van der Waals surface area contributed by atoms with Crippen LogP contribution < -0.4 is 33.2 Å². The molecule has 0 saturated carbocycles. The second-order valence-corrected chi connectivity index (χ2v) is 8.13. The van der Waals surface area contributed by atoms with E-state index in [2.05, 4.69) is 28.6 Å². The fourth-order valence-corrected chi connectivity index (χ4v) is 2.96. The molecule has 0 spiro atoms. The van der Waals surface area contributed by atoms with E-state index in [-0.39, 0.29) is 24.5 Å². The molecule has 13 heteroatoms. The molecule has 0 aromatic rings. The highest BCUT2D eigenvalue weighted by atomic mass is 32.1. The minimum atomic E-state index is -1.36. The van der Waals surface area contributed by atoms with Gasteiger partial charge in [0.2, 0.25) is 23.6 Å². The molecular weight excluding hydrogens is 440 g/mol. The number of rotatable bonds is 16. The molecular formula is C19H36N6O6S. The number of thiol groups is 1. The zero-order valence-electron chi connectivity index (χ0n) is 18.5. The van der Waals surface area contributed by atoms with Crippen LogP contribution in [0.1, 0.15) is 46.0 Å². The van der Waals surface area contributed by atoms with E-state index in [9.17, 15) is 29.1 Å². The van der Waals surface area contributed by atoms with E-state index in [4.69, 9.17) is 17.2 Å². The molecule has 0 aliphatic heterocycles. The molecule has 0 heterocycles. The topological polar surface area (TPSA) is 220 Å². The predicted octanol–water partition coefficient (Wildman–Crippen LogP) is -2.17. The third-order valence-electron chi connectivity index (χ3n) is 4.66. The Hall–Kier alpha value is -2.38. The largest absolute Gasteiger partial charge is 0.480 e. The van der Waals surface area contributed by atoms with Crippen LogP contribution >= 0.6 is 12.6 Å². The van der Waals surface area contributed by atoms with Gasteiger partial charge in [-0.15, -0.1) is 0 Å². The molecule has 4 unspecified atom stereocenters. The van der Waals surface area contributed by atoms with Crippen LogP contribution in [0.3, 0.4) is 0 Å². The van der Waals surface area contributed by atoms with Gasteiger partial charge in [-0.05, 0) is 31.7 Å². The Morgan fingerprint density at radius 2 is 1.50 bits per heavy atom. The van der Waals surface area contributed by atoms with Crippen molar-refractivity contribution >= 4 is 42.2 Å². The summed E-state index contributed by atoms with van der Waals surface area (Å²) in [6, 6.07) is -4.30. The van der Waals surface area contributed by atoms with Crippen LogP contribution in [0.15, 0.2) is 0 Å². The molecule has 4 atom stereocenters. The number of nitrogens with one attached hydrogen (secondary N) is 3. The summed E-state index contributed by atoms with van der Waals surface area (Å²) < 4.78 is 0. The Morgan fingerprint density at radius 3 is 1.97 bits per heavy atom. The number of carbonyl (C=O) groups is 5. The van der Waals surface area contributed by atoms with Crippen molar-refractivity contribution in [2.75, 3.05) is 12.3 Å². The van der Waals surface area contributed by atoms with Gasteiger partial charge < -0.3 is 38.3 Å². The zero-order chi connectivity index (χ0) is 24.8. The third kappa shape index (κ3) is 11.3. The highest BCUT2D eigenvalue weighted by Crippen LogP contribution is 2.06. The van der Waals surface area contributed by atoms with Gasteiger partial charge in [0.15, 0.2) is 0 Å². The average molecular weight is 477 g/mol. The SMILES string of the molecule is CC(C)C(NC(=O)C(N)CCCCN)C(=O)NC(CS)C(=O)NC(CCC(N)=O)C(=O)O. The van der Waals surface area contributed by atoms with Gasteiger partial charge in [0.1, 0.15) is 18.1 Å². The lowest BCUT2D eigenvalue weighted by atomic mass is 10.0. The molecule has 0 aromatic heterocycles. The van der Waals surface area contributed by atoms with Gasteiger partial charge in [-0.1, -0.05) is 20.3 Å². The second-order valence-electron chi connectivity index (χ2n) is 7.77. The Morgan fingerprint density at radius 1 is 0.906 bits per heavy atom. The molecule has 32 heavy (non-hydrogen) atoms. The summed E-state index contributed by atoms with van der Waals surface area (Å²) in [4.78, 5) is 59.8. The second kappa shape index (κ2) is 15.4. The van der Waals surface area contributed by atoms with Crippen LogP contribution in [0.4, 0.5) is 0 Å². The standard InChI is InChI=1S/C19H36N6O6S/c1-10(2)15(25-16(27)11(21)5-3-4-8-20)18(29)24-13(9-32)17(28)23-12(19(30)31)6-7-14(22)26/h10-13,15,32H,3-9,20-21H2,1-2H3,(H2,22,26)(H,23,28)(H,24,29)(H,25,27)(H,30,31). The molecule has 4 amide bonds. The summed E-state index contributed by atoms with van der Waals surface area (Å²) in [6.45, 7) is 3.92. The summed E-state index contributed by atoms with van der Waals surface area (Å²) in [6.07, 6.45) is 1.38. The fraction of sp³-hybridized carbons (Fsp3) is 0.737. The van der Waals surface area contributed by atoms with Crippen molar-refractivity contribution in [3.05, 3.63) is 0 Å². The summed E-state index contributed by atoms with van der Waals surface area (Å²) in [5.41, 5.74) is 16.3. The quantitative estimate of drug-likeness (QED) is 0.0902. The maximum Gasteiger partial charge on any atom is 0.326 e. The monoisotopic (exact) mass is 476 g/mol. The number of primary amides is 1. The van der Waals surface area contributed by atoms with Crippen LogP contribution in [-0.2, 0) is 24.0 Å². The number of unbranched alkanes of at least 4 members (excludes halogenated alkanes) is 1.